The lowest BCUT2D eigenvalue weighted by Crippen LogP contribution is -2.18. The Labute approximate surface area is 118 Å². The van der Waals surface area contributed by atoms with Gasteiger partial charge in [0.05, 0.1) is 17.4 Å². The lowest BCUT2D eigenvalue weighted by atomic mass is 10.1. The molecule has 1 amide bonds. The number of aromatic amines is 1. The van der Waals surface area contributed by atoms with Crippen LogP contribution in [0.5, 0.6) is 0 Å². The number of carbonyl (C=O) groups excluding carboxylic acids is 1. The highest BCUT2D eigenvalue weighted by Gasteiger charge is 2.39. The summed E-state index contributed by atoms with van der Waals surface area (Å²) in [5, 5.41) is 11.7. The topological polar surface area (TPSA) is 75.6 Å². The molecule has 2 aromatic rings. The Morgan fingerprint density at radius 3 is 2.62 bits per heavy atom. The molecule has 0 aromatic carbocycles. The van der Waals surface area contributed by atoms with Crippen molar-refractivity contribution in [1.29, 1.82) is 0 Å². The third-order valence-electron chi connectivity index (χ3n) is 2.83. The number of nitrogens with zero attached hydrogens (tertiary/aromatic N) is 3. The van der Waals surface area contributed by atoms with Gasteiger partial charge in [0, 0.05) is 17.9 Å². The van der Waals surface area contributed by atoms with Crippen LogP contribution in [0.4, 0.5) is 18.9 Å². The quantitative estimate of drug-likeness (QED) is 0.915. The van der Waals surface area contributed by atoms with E-state index in [2.05, 4.69) is 20.6 Å². The predicted molar refractivity (Wildman–Crippen MR) is 68.9 cm³/mol. The zero-order valence-corrected chi connectivity index (χ0v) is 11.6. The van der Waals surface area contributed by atoms with E-state index in [0.29, 0.717) is 5.69 Å². The van der Waals surface area contributed by atoms with Crippen LogP contribution in [0.2, 0.25) is 0 Å². The van der Waals surface area contributed by atoms with Crippen LogP contribution in [0.1, 0.15) is 41.6 Å². The van der Waals surface area contributed by atoms with Gasteiger partial charge in [-0.1, -0.05) is 0 Å². The minimum atomic E-state index is -4.69. The van der Waals surface area contributed by atoms with E-state index in [1.54, 1.807) is 10.9 Å². The average molecular weight is 301 g/mol. The maximum Gasteiger partial charge on any atom is 0.435 e. The molecule has 0 saturated carbocycles. The van der Waals surface area contributed by atoms with Crippen molar-refractivity contribution in [3.05, 3.63) is 29.3 Å². The molecule has 2 N–H and O–H groups in total. The summed E-state index contributed by atoms with van der Waals surface area (Å²) in [4.78, 5) is 12.0. The van der Waals surface area contributed by atoms with Crippen LogP contribution in [0.15, 0.2) is 12.4 Å². The number of H-pyrrole nitrogens is 1. The van der Waals surface area contributed by atoms with Gasteiger partial charge >= 0.3 is 6.18 Å². The van der Waals surface area contributed by atoms with Crippen LogP contribution in [-0.2, 0) is 6.18 Å². The number of anilines is 1. The molecule has 9 heteroatoms. The highest BCUT2D eigenvalue weighted by atomic mass is 19.4. The van der Waals surface area contributed by atoms with Gasteiger partial charge in [-0.25, -0.2) is 0 Å². The first-order valence-electron chi connectivity index (χ1n) is 6.17. The molecule has 0 radical (unpaired) electrons. The van der Waals surface area contributed by atoms with Crippen molar-refractivity contribution in [2.45, 2.75) is 33.0 Å². The van der Waals surface area contributed by atoms with Crippen molar-refractivity contribution in [3.63, 3.8) is 0 Å². The van der Waals surface area contributed by atoms with Crippen molar-refractivity contribution < 1.29 is 18.0 Å². The maximum atomic E-state index is 12.8. The molecule has 0 spiro atoms. The lowest BCUT2D eigenvalue weighted by Gasteiger charge is -2.07. The third-order valence-corrected chi connectivity index (χ3v) is 2.83. The number of hydrogen-bond acceptors (Lipinski definition) is 3. The Balaban J connectivity index is 2.26. The lowest BCUT2D eigenvalue weighted by molar-refractivity contribution is -0.141. The van der Waals surface area contributed by atoms with Crippen molar-refractivity contribution in [1.82, 2.24) is 20.0 Å². The number of aromatic nitrogens is 4. The first-order chi connectivity index (χ1) is 9.70. The number of amides is 1. The molecular formula is C12H14F3N5O. The number of rotatable bonds is 3. The fourth-order valence-corrected chi connectivity index (χ4v) is 1.79. The van der Waals surface area contributed by atoms with Gasteiger partial charge in [0.1, 0.15) is 0 Å². The molecule has 0 aliphatic heterocycles. The van der Waals surface area contributed by atoms with E-state index in [1.165, 1.54) is 13.1 Å². The summed E-state index contributed by atoms with van der Waals surface area (Å²) in [5.41, 5.74) is -1.37. The van der Waals surface area contributed by atoms with Crippen molar-refractivity contribution >= 4 is 11.6 Å². The SMILES string of the molecule is Cc1[nH]nc(C(F)(F)F)c1C(=O)Nc1cnn(C(C)C)c1. The van der Waals surface area contributed by atoms with Gasteiger partial charge in [0.2, 0.25) is 0 Å². The number of hydrogen-bond donors (Lipinski definition) is 2. The largest absolute Gasteiger partial charge is 0.435 e. The minimum absolute atomic E-state index is 0.0519. The van der Waals surface area contributed by atoms with E-state index in [-0.39, 0.29) is 11.7 Å². The highest BCUT2D eigenvalue weighted by molar-refractivity contribution is 6.05. The molecule has 0 atom stereocenters. The molecule has 0 bridgehead atoms. The zero-order valence-electron chi connectivity index (χ0n) is 11.6. The second kappa shape index (κ2) is 5.23. The van der Waals surface area contributed by atoms with Gasteiger partial charge in [-0.15, -0.1) is 0 Å². The Bertz CT molecular complexity index is 656. The molecule has 0 fully saturated rings. The van der Waals surface area contributed by atoms with Gasteiger partial charge in [-0.2, -0.15) is 23.4 Å². The molecule has 2 rings (SSSR count). The molecule has 0 aliphatic rings. The summed E-state index contributed by atoms with van der Waals surface area (Å²) >= 11 is 0. The van der Waals surface area contributed by atoms with E-state index < -0.39 is 23.3 Å². The number of halogens is 3. The van der Waals surface area contributed by atoms with Crippen LogP contribution in [0, 0.1) is 6.92 Å². The zero-order chi connectivity index (χ0) is 15.8. The second-order valence-corrected chi connectivity index (χ2v) is 4.83. The molecule has 0 saturated heterocycles. The molecule has 21 heavy (non-hydrogen) atoms. The van der Waals surface area contributed by atoms with Gasteiger partial charge in [-0.05, 0) is 20.8 Å². The van der Waals surface area contributed by atoms with Crippen molar-refractivity contribution in [3.8, 4) is 0 Å². The smallest absolute Gasteiger partial charge is 0.319 e. The van der Waals surface area contributed by atoms with Crippen LogP contribution in [0.3, 0.4) is 0 Å². The summed E-state index contributed by atoms with van der Waals surface area (Å²) in [6, 6.07) is 0.0806. The van der Waals surface area contributed by atoms with Crippen molar-refractivity contribution in [2.75, 3.05) is 5.32 Å². The van der Waals surface area contributed by atoms with Gasteiger partial charge in [0.15, 0.2) is 5.69 Å². The summed E-state index contributed by atoms with van der Waals surface area (Å²) in [7, 11) is 0. The highest BCUT2D eigenvalue weighted by Crippen LogP contribution is 2.31. The molecule has 6 nitrogen and oxygen atoms in total. The van der Waals surface area contributed by atoms with Crippen LogP contribution < -0.4 is 5.32 Å². The monoisotopic (exact) mass is 301 g/mol. The Hall–Kier alpha value is -2.32. The predicted octanol–water partition coefficient (Wildman–Crippen LogP) is 2.77. The minimum Gasteiger partial charge on any atom is -0.319 e. The molecule has 2 aromatic heterocycles. The van der Waals surface area contributed by atoms with Gasteiger partial charge in [0.25, 0.3) is 5.91 Å². The molecule has 0 unspecified atom stereocenters. The van der Waals surface area contributed by atoms with Crippen LogP contribution in [-0.4, -0.2) is 25.9 Å². The molecule has 114 valence electrons. The first-order valence-corrected chi connectivity index (χ1v) is 6.17. The fourth-order valence-electron chi connectivity index (χ4n) is 1.79. The van der Waals surface area contributed by atoms with E-state index in [9.17, 15) is 18.0 Å². The number of alkyl halides is 3. The summed E-state index contributed by atoms with van der Waals surface area (Å²) in [6.07, 6.45) is -1.77. The molecule has 2 heterocycles. The van der Waals surface area contributed by atoms with Crippen LogP contribution in [0.25, 0.3) is 0 Å². The van der Waals surface area contributed by atoms with E-state index >= 15 is 0 Å². The average Bonchev–Trinajstić information content (AvgIpc) is 2.94. The molecular weight excluding hydrogens is 287 g/mol. The van der Waals surface area contributed by atoms with E-state index in [0.717, 1.165) is 0 Å². The maximum absolute atomic E-state index is 12.8. The summed E-state index contributed by atoms with van der Waals surface area (Å²) in [5.74, 6) is -0.878. The fraction of sp³-hybridized carbons (Fsp3) is 0.417. The molecule has 0 aliphatic carbocycles. The second-order valence-electron chi connectivity index (χ2n) is 4.83. The van der Waals surface area contributed by atoms with Gasteiger partial charge < -0.3 is 5.32 Å². The number of nitrogens with one attached hydrogen (secondary N) is 2. The number of aryl methyl sites for hydroxylation is 1. The third kappa shape index (κ3) is 3.06. The van der Waals surface area contributed by atoms with E-state index in [4.69, 9.17) is 0 Å². The number of carbonyl (C=O) groups is 1. The Morgan fingerprint density at radius 1 is 1.43 bits per heavy atom. The van der Waals surface area contributed by atoms with Crippen LogP contribution >= 0.6 is 0 Å². The Kier molecular flexibility index (Phi) is 3.75. The first kappa shape index (κ1) is 15.1. The van der Waals surface area contributed by atoms with Gasteiger partial charge in [-0.3, -0.25) is 14.6 Å². The van der Waals surface area contributed by atoms with Crippen molar-refractivity contribution in [2.24, 2.45) is 0 Å². The normalized spacial score (nSPS) is 12.0. The standard InChI is InChI=1S/C12H14F3N5O/c1-6(2)20-5-8(4-16-20)17-11(21)9-7(3)18-19-10(9)12(13,14)15/h4-6H,1-3H3,(H,17,21)(H,18,19). The van der Waals surface area contributed by atoms with E-state index in [1.807, 2.05) is 13.8 Å². The summed E-state index contributed by atoms with van der Waals surface area (Å²) in [6.45, 7) is 5.13. The summed E-state index contributed by atoms with van der Waals surface area (Å²) < 4.78 is 40.0. The Morgan fingerprint density at radius 2 is 2.10 bits per heavy atom.